The molecule has 0 aliphatic carbocycles. The molecule has 0 radical (unpaired) electrons. The van der Waals surface area contributed by atoms with Crippen molar-refractivity contribution in [3.8, 4) is 0 Å². The molecule has 0 amide bonds. The van der Waals surface area contributed by atoms with Gasteiger partial charge in [-0.1, -0.05) is 6.92 Å². The van der Waals surface area contributed by atoms with Crippen molar-refractivity contribution in [1.29, 1.82) is 0 Å². The number of carbonyl (C=O) groups is 1. The maximum Gasteiger partial charge on any atom is 0.330 e. The predicted molar refractivity (Wildman–Crippen MR) is 49.0 cm³/mol. The van der Waals surface area contributed by atoms with Crippen LogP contribution in [0.5, 0.6) is 0 Å². The molecule has 0 saturated carbocycles. The van der Waals surface area contributed by atoms with E-state index in [0.717, 1.165) is 12.0 Å². The third-order valence-electron chi connectivity index (χ3n) is 1.40. The van der Waals surface area contributed by atoms with Crippen LogP contribution in [0.2, 0.25) is 0 Å². The fraction of sp³-hybridized carbons (Fsp3) is 0.300. The van der Waals surface area contributed by atoms with Gasteiger partial charge in [0.2, 0.25) is 0 Å². The van der Waals surface area contributed by atoms with Crippen LogP contribution in [0.3, 0.4) is 0 Å². The van der Waals surface area contributed by atoms with Gasteiger partial charge in [-0.3, -0.25) is 0 Å². The second-order valence-corrected chi connectivity index (χ2v) is 2.56. The number of hydrogen-bond acceptors (Lipinski definition) is 3. The highest BCUT2D eigenvalue weighted by molar-refractivity contribution is 5.86. The number of carbonyl (C=O) groups excluding carboxylic acids is 1. The quantitative estimate of drug-likeness (QED) is 0.527. The highest BCUT2D eigenvalue weighted by Crippen LogP contribution is 2.02. The average molecular weight is 180 g/mol. The van der Waals surface area contributed by atoms with Crippen LogP contribution >= 0.6 is 0 Å². The van der Waals surface area contributed by atoms with Crippen LogP contribution < -0.4 is 0 Å². The standard InChI is InChI=1S/C10H12O3/c1-2-6-13-10(11)4-3-9-5-7-12-8-9/h3-5,7-8H,2,6H2,1H3/b4-3+. The van der Waals surface area contributed by atoms with Gasteiger partial charge < -0.3 is 9.15 Å². The van der Waals surface area contributed by atoms with Gasteiger partial charge in [0, 0.05) is 11.6 Å². The first-order valence-electron chi connectivity index (χ1n) is 4.20. The van der Waals surface area contributed by atoms with Gasteiger partial charge >= 0.3 is 5.97 Å². The Morgan fingerprint density at radius 3 is 3.15 bits per heavy atom. The summed E-state index contributed by atoms with van der Waals surface area (Å²) in [5.74, 6) is -0.317. The fourth-order valence-corrected chi connectivity index (χ4v) is 0.785. The predicted octanol–water partition coefficient (Wildman–Crippen LogP) is 2.25. The Bertz CT molecular complexity index is 272. The van der Waals surface area contributed by atoms with E-state index in [9.17, 15) is 4.79 Å². The Balaban J connectivity index is 2.35. The lowest BCUT2D eigenvalue weighted by Gasteiger charge is -1.96. The molecule has 1 aromatic heterocycles. The maximum atomic E-state index is 11.0. The largest absolute Gasteiger partial charge is 0.472 e. The Kier molecular flexibility index (Phi) is 3.82. The van der Waals surface area contributed by atoms with Crippen LogP contribution in [-0.4, -0.2) is 12.6 Å². The summed E-state index contributed by atoms with van der Waals surface area (Å²) in [6.45, 7) is 2.42. The van der Waals surface area contributed by atoms with Gasteiger partial charge in [-0.15, -0.1) is 0 Å². The zero-order valence-corrected chi connectivity index (χ0v) is 7.53. The normalized spacial score (nSPS) is 10.5. The Hall–Kier alpha value is -1.51. The third-order valence-corrected chi connectivity index (χ3v) is 1.40. The van der Waals surface area contributed by atoms with E-state index in [0.29, 0.717) is 6.61 Å². The van der Waals surface area contributed by atoms with Crippen molar-refractivity contribution in [3.63, 3.8) is 0 Å². The molecule has 1 aromatic rings. The number of furan rings is 1. The van der Waals surface area contributed by atoms with E-state index in [1.165, 1.54) is 6.08 Å². The average Bonchev–Trinajstić information content (AvgIpc) is 2.64. The number of hydrogen-bond donors (Lipinski definition) is 0. The summed E-state index contributed by atoms with van der Waals surface area (Å²) in [7, 11) is 0. The van der Waals surface area contributed by atoms with E-state index in [1.807, 2.05) is 6.92 Å². The molecule has 0 saturated heterocycles. The van der Waals surface area contributed by atoms with Crippen molar-refractivity contribution in [1.82, 2.24) is 0 Å². The molecular weight excluding hydrogens is 168 g/mol. The molecule has 70 valence electrons. The van der Waals surface area contributed by atoms with Gasteiger partial charge in [0.05, 0.1) is 19.1 Å². The minimum Gasteiger partial charge on any atom is -0.472 e. The molecule has 1 rings (SSSR count). The van der Waals surface area contributed by atoms with Gasteiger partial charge in [-0.05, 0) is 18.6 Å². The molecule has 0 N–H and O–H groups in total. The Labute approximate surface area is 77.0 Å². The summed E-state index contributed by atoms with van der Waals surface area (Å²) in [5, 5.41) is 0. The molecule has 3 heteroatoms. The first-order chi connectivity index (χ1) is 6.33. The molecule has 0 aliphatic rings. The van der Waals surface area contributed by atoms with Crippen molar-refractivity contribution >= 4 is 12.0 Å². The lowest BCUT2D eigenvalue weighted by molar-refractivity contribution is -0.137. The molecule has 0 spiro atoms. The zero-order chi connectivity index (χ0) is 9.52. The summed E-state index contributed by atoms with van der Waals surface area (Å²) in [6.07, 6.45) is 6.99. The van der Waals surface area contributed by atoms with E-state index in [1.54, 1.807) is 24.7 Å². The van der Waals surface area contributed by atoms with Crippen molar-refractivity contribution in [2.45, 2.75) is 13.3 Å². The second kappa shape index (κ2) is 5.19. The van der Waals surface area contributed by atoms with Crippen molar-refractivity contribution in [2.75, 3.05) is 6.61 Å². The van der Waals surface area contributed by atoms with E-state index >= 15 is 0 Å². The van der Waals surface area contributed by atoms with Crippen molar-refractivity contribution < 1.29 is 13.9 Å². The van der Waals surface area contributed by atoms with Crippen LogP contribution in [0, 0.1) is 0 Å². The maximum absolute atomic E-state index is 11.0. The van der Waals surface area contributed by atoms with Crippen LogP contribution in [0.25, 0.3) is 6.08 Å². The fourth-order valence-electron chi connectivity index (χ4n) is 0.785. The number of rotatable bonds is 4. The minimum absolute atomic E-state index is 0.317. The molecule has 0 fully saturated rings. The minimum atomic E-state index is -0.317. The summed E-state index contributed by atoms with van der Waals surface area (Å²) >= 11 is 0. The molecule has 1 heterocycles. The summed E-state index contributed by atoms with van der Waals surface area (Å²) < 4.78 is 9.66. The Morgan fingerprint density at radius 2 is 2.54 bits per heavy atom. The van der Waals surface area contributed by atoms with Gasteiger partial charge in [0.1, 0.15) is 0 Å². The SMILES string of the molecule is CCCOC(=O)/C=C/c1ccoc1. The summed E-state index contributed by atoms with van der Waals surface area (Å²) in [6, 6.07) is 1.77. The van der Waals surface area contributed by atoms with Crippen molar-refractivity contribution in [3.05, 3.63) is 30.2 Å². The van der Waals surface area contributed by atoms with Gasteiger partial charge in [0.15, 0.2) is 0 Å². The topological polar surface area (TPSA) is 39.4 Å². The first kappa shape index (κ1) is 9.58. The molecule has 0 aliphatic heterocycles. The van der Waals surface area contributed by atoms with E-state index in [4.69, 9.17) is 9.15 Å². The van der Waals surface area contributed by atoms with Gasteiger partial charge in [-0.25, -0.2) is 4.79 Å². The monoisotopic (exact) mass is 180 g/mol. The van der Waals surface area contributed by atoms with E-state index in [2.05, 4.69) is 0 Å². The van der Waals surface area contributed by atoms with E-state index in [-0.39, 0.29) is 5.97 Å². The van der Waals surface area contributed by atoms with Gasteiger partial charge in [0.25, 0.3) is 0 Å². The van der Waals surface area contributed by atoms with Gasteiger partial charge in [-0.2, -0.15) is 0 Å². The molecule has 0 unspecified atom stereocenters. The molecule has 0 bridgehead atoms. The lowest BCUT2D eigenvalue weighted by Crippen LogP contribution is -2.00. The smallest absolute Gasteiger partial charge is 0.330 e. The Morgan fingerprint density at radius 1 is 1.69 bits per heavy atom. The first-order valence-corrected chi connectivity index (χ1v) is 4.20. The van der Waals surface area contributed by atoms with Crippen LogP contribution in [0.15, 0.2) is 29.1 Å². The lowest BCUT2D eigenvalue weighted by atomic mass is 10.3. The zero-order valence-electron chi connectivity index (χ0n) is 7.53. The number of ether oxygens (including phenoxy) is 1. The highest BCUT2D eigenvalue weighted by Gasteiger charge is 1.94. The van der Waals surface area contributed by atoms with Crippen molar-refractivity contribution in [2.24, 2.45) is 0 Å². The second-order valence-electron chi connectivity index (χ2n) is 2.56. The summed E-state index contributed by atoms with van der Waals surface area (Å²) in [5.41, 5.74) is 0.855. The van der Waals surface area contributed by atoms with Crippen LogP contribution in [-0.2, 0) is 9.53 Å². The van der Waals surface area contributed by atoms with Crippen LogP contribution in [0.4, 0.5) is 0 Å². The number of esters is 1. The molecule has 0 aromatic carbocycles. The molecular formula is C10H12O3. The highest BCUT2D eigenvalue weighted by atomic mass is 16.5. The molecule has 3 nitrogen and oxygen atoms in total. The molecule has 0 atom stereocenters. The third kappa shape index (κ3) is 3.60. The van der Waals surface area contributed by atoms with E-state index < -0.39 is 0 Å². The molecule has 13 heavy (non-hydrogen) atoms. The summed E-state index contributed by atoms with van der Waals surface area (Å²) in [4.78, 5) is 11.0. The van der Waals surface area contributed by atoms with Crippen LogP contribution in [0.1, 0.15) is 18.9 Å².